The predicted molar refractivity (Wildman–Crippen MR) is 88.2 cm³/mol. The van der Waals surface area contributed by atoms with Crippen molar-refractivity contribution in [3.8, 4) is 5.75 Å². The summed E-state index contributed by atoms with van der Waals surface area (Å²) < 4.78 is 5.64. The summed E-state index contributed by atoms with van der Waals surface area (Å²) in [4.78, 5) is 3.95. The molecule has 1 aromatic heterocycles. The van der Waals surface area contributed by atoms with E-state index in [-0.39, 0.29) is 6.04 Å². The van der Waals surface area contributed by atoms with Crippen molar-refractivity contribution in [2.45, 2.75) is 26.0 Å². The molecule has 0 saturated heterocycles. The number of ether oxygens (including phenoxy) is 1. The van der Waals surface area contributed by atoms with Crippen molar-refractivity contribution in [1.82, 2.24) is 10.3 Å². The summed E-state index contributed by atoms with van der Waals surface area (Å²) in [6.45, 7) is 5.00. The summed E-state index contributed by atoms with van der Waals surface area (Å²) in [5.41, 5.74) is 1.82. The fourth-order valence-electron chi connectivity index (χ4n) is 2.25. The molecule has 2 atom stereocenters. The van der Waals surface area contributed by atoms with Crippen LogP contribution >= 0.6 is 11.6 Å². The van der Waals surface area contributed by atoms with Crippen LogP contribution in [0.5, 0.6) is 5.75 Å². The van der Waals surface area contributed by atoms with E-state index < -0.39 is 6.10 Å². The van der Waals surface area contributed by atoms with E-state index in [1.807, 2.05) is 44.2 Å². The van der Waals surface area contributed by atoms with Crippen molar-refractivity contribution in [3.05, 3.63) is 58.9 Å². The lowest BCUT2D eigenvalue weighted by Gasteiger charge is -2.20. The summed E-state index contributed by atoms with van der Waals surface area (Å²) in [6.07, 6.45) is 2.76. The molecule has 0 aliphatic heterocycles. The van der Waals surface area contributed by atoms with E-state index in [2.05, 4.69) is 10.3 Å². The number of nitrogens with one attached hydrogen (secondary N) is 1. The number of rotatable bonds is 7. The second-order valence-electron chi connectivity index (χ2n) is 5.04. The van der Waals surface area contributed by atoms with Gasteiger partial charge in [-0.3, -0.25) is 4.98 Å². The topological polar surface area (TPSA) is 54.4 Å². The molecule has 118 valence electrons. The number of nitrogens with zero attached hydrogens (tertiary/aromatic N) is 1. The lowest BCUT2D eigenvalue weighted by Crippen LogP contribution is -2.25. The lowest BCUT2D eigenvalue weighted by molar-refractivity contribution is 0.170. The molecule has 22 heavy (non-hydrogen) atoms. The highest BCUT2D eigenvalue weighted by Crippen LogP contribution is 2.28. The van der Waals surface area contributed by atoms with Crippen LogP contribution in [0.1, 0.15) is 37.1 Å². The first-order chi connectivity index (χ1) is 10.6. The molecule has 1 aromatic carbocycles. The molecule has 0 aliphatic carbocycles. The maximum Gasteiger partial charge on any atom is 0.124 e. The van der Waals surface area contributed by atoms with Crippen molar-refractivity contribution >= 4 is 11.6 Å². The van der Waals surface area contributed by atoms with Gasteiger partial charge in [-0.1, -0.05) is 11.6 Å². The van der Waals surface area contributed by atoms with Gasteiger partial charge in [0.15, 0.2) is 0 Å². The SMILES string of the molecule is CCOc1ccc(Cl)cc1C(C)NCC(O)c1ccncc1. The normalized spacial score (nSPS) is 13.6. The summed E-state index contributed by atoms with van der Waals surface area (Å²) >= 11 is 6.08. The molecule has 0 spiro atoms. The number of aliphatic hydroxyl groups excluding tert-OH is 1. The van der Waals surface area contributed by atoms with Crippen LogP contribution in [0.3, 0.4) is 0 Å². The smallest absolute Gasteiger partial charge is 0.124 e. The van der Waals surface area contributed by atoms with Gasteiger partial charge in [-0.25, -0.2) is 0 Å². The van der Waals surface area contributed by atoms with Crippen LogP contribution in [0.25, 0.3) is 0 Å². The number of hydrogen-bond acceptors (Lipinski definition) is 4. The Balaban J connectivity index is 2.03. The Morgan fingerprint density at radius 2 is 2.00 bits per heavy atom. The number of aliphatic hydroxyl groups is 1. The van der Waals surface area contributed by atoms with E-state index >= 15 is 0 Å². The molecule has 0 bridgehead atoms. The quantitative estimate of drug-likeness (QED) is 0.819. The van der Waals surface area contributed by atoms with E-state index in [0.29, 0.717) is 18.2 Å². The third-order valence-corrected chi connectivity index (χ3v) is 3.68. The number of halogens is 1. The second-order valence-corrected chi connectivity index (χ2v) is 5.48. The zero-order valence-corrected chi connectivity index (χ0v) is 13.5. The van der Waals surface area contributed by atoms with Gasteiger partial charge in [0, 0.05) is 35.6 Å². The van der Waals surface area contributed by atoms with E-state index in [4.69, 9.17) is 16.3 Å². The Labute approximate surface area is 136 Å². The molecule has 0 aliphatic rings. The molecule has 0 saturated carbocycles. The van der Waals surface area contributed by atoms with E-state index in [0.717, 1.165) is 16.9 Å². The Morgan fingerprint density at radius 3 is 2.68 bits per heavy atom. The first-order valence-corrected chi connectivity index (χ1v) is 7.73. The molecular weight excluding hydrogens is 300 g/mol. The lowest BCUT2D eigenvalue weighted by atomic mass is 10.1. The van der Waals surface area contributed by atoms with Gasteiger partial charge < -0.3 is 15.2 Å². The van der Waals surface area contributed by atoms with Crippen molar-refractivity contribution < 1.29 is 9.84 Å². The maximum absolute atomic E-state index is 10.2. The summed E-state index contributed by atoms with van der Waals surface area (Å²) in [5.74, 6) is 0.810. The molecular formula is C17H21ClN2O2. The van der Waals surface area contributed by atoms with Gasteiger partial charge in [-0.05, 0) is 49.7 Å². The highest BCUT2D eigenvalue weighted by Gasteiger charge is 2.14. The Morgan fingerprint density at radius 1 is 1.27 bits per heavy atom. The van der Waals surface area contributed by atoms with Gasteiger partial charge in [0.1, 0.15) is 5.75 Å². The molecule has 0 amide bonds. The van der Waals surface area contributed by atoms with E-state index in [9.17, 15) is 5.11 Å². The van der Waals surface area contributed by atoms with Gasteiger partial charge in [0.2, 0.25) is 0 Å². The Bertz CT molecular complexity index is 592. The van der Waals surface area contributed by atoms with Gasteiger partial charge in [0.25, 0.3) is 0 Å². The number of pyridine rings is 1. The minimum atomic E-state index is -0.583. The standard InChI is InChI=1S/C17H21ClN2O2/c1-3-22-17-5-4-14(18)10-15(17)12(2)20-11-16(21)13-6-8-19-9-7-13/h4-10,12,16,20-21H,3,11H2,1-2H3. The van der Waals surface area contributed by atoms with Crippen LogP contribution in [0, 0.1) is 0 Å². The van der Waals surface area contributed by atoms with Crippen LogP contribution in [0.2, 0.25) is 5.02 Å². The first kappa shape index (κ1) is 16.7. The van der Waals surface area contributed by atoms with E-state index in [1.165, 1.54) is 0 Å². The Kier molecular flexibility index (Phi) is 6.19. The van der Waals surface area contributed by atoms with Gasteiger partial charge in [-0.2, -0.15) is 0 Å². The molecule has 2 unspecified atom stereocenters. The number of benzene rings is 1. The van der Waals surface area contributed by atoms with Crippen molar-refractivity contribution in [3.63, 3.8) is 0 Å². The average molecular weight is 321 g/mol. The van der Waals surface area contributed by atoms with Gasteiger partial charge in [0.05, 0.1) is 12.7 Å². The molecule has 0 fully saturated rings. The first-order valence-electron chi connectivity index (χ1n) is 7.35. The summed E-state index contributed by atoms with van der Waals surface area (Å²) in [5, 5.41) is 14.2. The maximum atomic E-state index is 10.2. The third-order valence-electron chi connectivity index (χ3n) is 3.45. The highest BCUT2D eigenvalue weighted by atomic mass is 35.5. The minimum absolute atomic E-state index is 0.0109. The molecule has 5 heteroatoms. The highest BCUT2D eigenvalue weighted by molar-refractivity contribution is 6.30. The molecule has 4 nitrogen and oxygen atoms in total. The van der Waals surface area contributed by atoms with Crippen molar-refractivity contribution in [2.75, 3.05) is 13.2 Å². The average Bonchev–Trinajstić information content (AvgIpc) is 2.55. The van der Waals surface area contributed by atoms with E-state index in [1.54, 1.807) is 12.4 Å². The van der Waals surface area contributed by atoms with Gasteiger partial charge >= 0.3 is 0 Å². The van der Waals surface area contributed by atoms with Crippen LogP contribution in [-0.2, 0) is 0 Å². The largest absolute Gasteiger partial charge is 0.494 e. The third kappa shape index (κ3) is 4.44. The summed E-state index contributed by atoms with van der Waals surface area (Å²) in [6, 6.07) is 9.21. The Hall–Kier alpha value is -1.62. The number of aromatic nitrogens is 1. The zero-order valence-electron chi connectivity index (χ0n) is 12.8. The van der Waals surface area contributed by atoms with Crippen molar-refractivity contribution in [1.29, 1.82) is 0 Å². The number of hydrogen-bond donors (Lipinski definition) is 2. The fourth-order valence-corrected chi connectivity index (χ4v) is 2.43. The monoisotopic (exact) mass is 320 g/mol. The van der Waals surface area contributed by atoms with Crippen LogP contribution in [0.4, 0.5) is 0 Å². The van der Waals surface area contributed by atoms with Crippen molar-refractivity contribution in [2.24, 2.45) is 0 Å². The molecule has 2 rings (SSSR count). The molecule has 0 radical (unpaired) electrons. The second kappa shape index (κ2) is 8.13. The molecule has 2 aromatic rings. The van der Waals surface area contributed by atoms with Crippen LogP contribution < -0.4 is 10.1 Å². The molecule has 1 heterocycles. The summed E-state index contributed by atoms with van der Waals surface area (Å²) in [7, 11) is 0. The van der Waals surface area contributed by atoms with Crippen LogP contribution in [0.15, 0.2) is 42.7 Å². The predicted octanol–water partition coefficient (Wildman–Crippen LogP) is 3.52. The molecule has 2 N–H and O–H groups in total. The zero-order chi connectivity index (χ0) is 15.9. The van der Waals surface area contributed by atoms with Crippen LogP contribution in [-0.4, -0.2) is 23.2 Å². The van der Waals surface area contributed by atoms with Gasteiger partial charge in [-0.15, -0.1) is 0 Å². The fraction of sp³-hybridized carbons (Fsp3) is 0.353. The minimum Gasteiger partial charge on any atom is -0.494 e.